The molecule has 2 heteroatoms. The normalized spacial score (nSPS) is 11.5. The van der Waals surface area contributed by atoms with Gasteiger partial charge in [0.1, 0.15) is 0 Å². The summed E-state index contributed by atoms with van der Waals surface area (Å²) in [5.74, 6) is 0. The maximum absolute atomic E-state index is 2.44. The Bertz CT molecular complexity index is 2210. The molecule has 2 nitrogen and oxygen atoms in total. The molecular formula is C39H28N2. The molecule has 0 saturated heterocycles. The van der Waals surface area contributed by atoms with E-state index in [1.54, 1.807) is 0 Å². The molecule has 8 rings (SSSR count). The van der Waals surface area contributed by atoms with Crippen LogP contribution in [-0.2, 0) is 0 Å². The van der Waals surface area contributed by atoms with Crippen molar-refractivity contribution in [1.29, 1.82) is 0 Å². The molecule has 41 heavy (non-hydrogen) atoms. The fourth-order valence-corrected chi connectivity index (χ4v) is 6.15. The Labute approximate surface area is 239 Å². The summed E-state index contributed by atoms with van der Waals surface area (Å²) in [4.78, 5) is 2.22. The number of fused-ring (bicyclic) bond motifs is 5. The van der Waals surface area contributed by atoms with E-state index in [0.717, 1.165) is 5.69 Å². The molecule has 0 bridgehead atoms. The molecule has 0 atom stereocenters. The summed E-state index contributed by atoms with van der Waals surface area (Å²) >= 11 is 0. The summed E-state index contributed by atoms with van der Waals surface area (Å²) in [7, 11) is 2.11. The molecule has 0 spiro atoms. The molecule has 8 aromatic rings. The predicted octanol–water partition coefficient (Wildman–Crippen LogP) is 10.5. The van der Waals surface area contributed by atoms with Gasteiger partial charge in [0.2, 0.25) is 0 Å². The van der Waals surface area contributed by atoms with E-state index < -0.39 is 0 Å². The van der Waals surface area contributed by atoms with Gasteiger partial charge in [-0.05, 0) is 87.3 Å². The van der Waals surface area contributed by atoms with Crippen LogP contribution in [0.2, 0.25) is 0 Å². The van der Waals surface area contributed by atoms with Crippen molar-refractivity contribution in [2.45, 2.75) is 0 Å². The third-order valence-electron chi connectivity index (χ3n) is 8.36. The summed E-state index contributed by atoms with van der Waals surface area (Å²) in [5, 5.41) is 7.56. The molecule has 194 valence electrons. The maximum Gasteiger partial charge on any atom is 0.0547 e. The van der Waals surface area contributed by atoms with Crippen LogP contribution in [0.5, 0.6) is 0 Å². The first-order valence-electron chi connectivity index (χ1n) is 14.1. The molecule has 0 aliphatic carbocycles. The molecule has 0 fully saturated rings. The summed E-state index contributed by atoms with van der Waals surface area (Å²) < 4.78 is 2.44. The Balaban J connectivity index is 1.32. The highest BCUT2D eigenvalue weighted by molar-refractivity contribution is 6.14. The first-order chi connectivity index (χ1) is 20.2. The fraction of sp³-hybridized carbons (Fsp3) is 0.0256. The van der Waals surface area contributed by atoms with Gasteiger partial charge >= 0.3 is 0 Å². The smallest absolute Gasteiger partial charge is 0.0547 e. The Morgan fingerprint density at radius 2 is 1.00 bits per heavy atom. The molecule has 0 saturated carbocycles. The number of aromatic nitrogens is 1. The van der Waals surface area contributed by atoms with Gasteiger partial charge in [-0.25, -0.2) is 0 Å². The van der Waals surface area contributed by atoms with Gasteiger partial charge in [0.15, 0.2) is 0 Å². The third kappa shape index (κ3) is 3.96. The van der Waals surface area contributed by atoms with Crippen molar-refractivity contribution in [1.82, 2.24) is 4.57 Å². The van der Waals surface area contributed by atoms with Crippen molar-refractivity contribution in [2.75, 3.05) is 11.9 Å². The molecule has 0 aliphatic rings. The van der Waals surface area contributed by atoms with Gasteiger partial charge in [-0.1, -0.05) is 97.1 Å². The standard InChI is InChI=1S/C39H28N2/c1-40(33-13-3-2-4-14-33)34-19-15-28(16-20-34)32-18-22-36-37-24-30-11-7-8-12-31(30)25-39(37)41(38(36)26-32)35-21-17-27-9-5-6-10-29(27)23-35/h2-26H,1H3. The van der Waals surface area contributed by atoms with E-state index in [9.17, 15) is 0 Å². The minimum absolute atomic E-state index is 1.16. The lowest BCUT2D eigenvalue weighted by Gasteiger charge is -2.19. The Hall–Kier alpha value is -5.34. The summed E-state index contributed by atoms with van der Waals surface area (Å²) in [5.41, 5.74) is 8.38. The first-order valence-corrected chi connectivity index (χ1v) is 14.1. The first kappa shape index (κ1) is 23.5. The predicted molar refractivity (Wildman–Crippen MR) is 176 cm³/mol. The van der Waals surface area contributed by atoms with Gasteiger partial charge < -0.3 is 9.47 Å². The lowest BCUT2D eigenvalue weighted by atomic mass is 10.0. The highest BCUT2D eigenvalue weighted by Gasteiger charge is 2.15. The molecule has 0 N–H and O–H groups in total. The van der Waals surface area contributed by atoms with Crippen LogP contribution in [0.15, 0.2) is 152 Å². The van der Waals surface area contributed by atoms with Gasteiger partial charge in [0.05, 0.1) is 11.0 Å². The zero-order valence-electron chi connectivity index (χ0n) is 22.8. The van der Waals surface area contributed by atoms with E-state index in [0.29, 0.717) is 0 Å². The van der Waals surface area contributed by atoms with Crippen LogP contribution in [0.1, 0.15) is 0 Å². The SMILES string of the molecule is CN(c1ccccc1)c1ccc(-c2ccc3c4cc5ccccc5cc4n(-c4ccc5ccccc5c4)c3c2)cc1. The van der Waals surface area contributed by atoms with Gasteiger partial charge in [-0.3, -0.25) is 0 Å². The van der Waals surface area contributed by atoms with E-state index in [1.807, 2.05) is 0 Å². The van der Waals surface area contributed by atoms with Crippen molar-refractivity contribution in [3.8, 4) is 16.8 Å². The van der Waals surface area contributed by atoms with Crippen LogP contribution < -0.4 is 4.90 Å². The average molecular weight is 525 g/mol. The Morgan fingerprint density at radius 1 is 0.415 bits per heavy atom. The van der Waals surface area contributed by atoms with Crippen molar-refractivity contribution in [3.05, 3.63) is 152 Å². The minimum atomic E-state index is 1.16. The van der Waals surface area contributed by atoms with Gasteiger partial charge in [-0.2, -0.15) is 0 Å². The Kier molecular flexibility index (Phi) is 5.39. The van der Waals surface area contributed by atoms with E-state index in [2.05, 4.69) is 168 Å². The summed E-state index contributed by atoms with van der Waals surface area (Å²) in [6, 6.07) is 55.0. The van der Waals surface area contributed by atoms with Crippen molar-refractivity contribution in [3.63, 3.8) is 0 Å². The van der Waals surface area contributed by atoms with E-state index >= 15 is 0 Å². The topological polar surface area (TPSA) is 8.17 Å². The quantitative estimate of drug-likeness (QED) is 0.222. The summed E-state index contributed by atoms with van der Waals surface area (Å²) in [6.07, 6.45) is 0. The van der Waals surface area contributed by atoms with Crippen LogP contribution in [-0.4, -0.2) is 11.6 Å². The molecule has 7 aromatic carbocycles. The highest BCUT2D eigenvalue weighted by Crippen LogP contribution is 2.38. The van der Waals surface area contributed by atoms with Crippen molar-refractivity contribution < 1.29 is 0 Å². The number of nitrogens with zero attached hydrogens (tertiary/aromatic N) is 2. The number of para-hydroxylation sites is 1. The van der Waals surface area contributed by atoms with Crippen molar-refractivity contribution >= 4 is 54.7 Å². The molecular weight excluding hydrogens is 496 g/mol. The van der Waals surface area contributed by atoms with Crippen LogP contribution in [0.4, 0.5) is 11.4 Å². The number of rotatable bonds is 4. The molecule has 1 heterocycles. The van der Waals surface area contributed by atoms with Crippen LogP contribution in [0.3, 0.4) is 0 Å². The van der Waals surface area contributed by atoms with Gasteiger partial charge in [0, 0.05) is 34.9 Å². The van der Waals surface area contributed by atoms with E-state index in [4.69, 9.17) is 0 Å². The zero-order chi connectivity index (χ0) is 27.3. The second-order valence-electron chi connectivity index (χ2n) is 10.8. The van der Waals surface area contributed by atoms with Gasteiger partial charge in [-0.15, -0.1) is 0 Å². The molecule has 0 aliphatic heterocycles. The van der Waals surface area contributed by atoms with E-state index in [-0.39, 0.29) is 0 Å². The zero-order valence-corrected chi connectivity index (χ0v) is 22.8. The minimum Gasteiger partial charge on any atom is -0.345 e. The molecule has 0 unspecified atom stereocenters. The van der Waals surface area contributed by atoms with Crippen LogP contribution >= 0.6 is 0 Å². The molecule has 1 aromatic heterocycles. The lowest BCUT2D eigenvalue weighted by molar-refractivity contribution is 1.19. The number of benzene rings is 7. The number of hydrogen-bond acceptors (Lipinski definition) is 1. The monoisotopic (exact) mass is 524 g/mol. The number of hydrogen-bond donors (Lipinski definition) is 0. The molecule has 0 radical (unpaired) electrons. The largest absolute Gasteiger partial charge is 0.345 e. The fourth-order valence-electron chi connectivity index (χ4n) is 6.15. The Morgan fingerprint density at radius 3 is 1.76 bits per heavy atom. The van der Waals surface area contributed by atoms with E-state index in [1.165, 1.54) is 65.9 Å². The third-order valence-corrected chi connectivity index (χ3v) is 8.36. The molecule has 0 amide bonds. The van der Waals surface area contributed by atoms with Crippen LogP contribution in [0, 0.1) is 0 Å². The van der Waals surface area contributed by atoms with Gasteiger partial charge in [0.25, 0.3) is 0 Å². The maximum atomic E-state index is 2.44. The second kappa shape index (κ2) is 9.39. The highest BCUT2D eigenvalue weighted by atomic mass is 15.1. The average Bonchev–Trinajstić information content (AvgIpc) is 3.36. The summed E-state index contributed by atoms with van der Waals surface area (Å²) in [6.45, 7) is 0. The van der Waals surface area contributed by atoms with Crippen molar-refractivity contribution in [2.24, 2.45) is 0 Å². The number of anilines is 2. The second-order valence-corrected chi connectivity index (χ2v) is 10.8. The van der Waals surface area contributed by atoms with Crippen LogP contribution in [0.25, 0.3) is 60.2 Å². The lowest BCUT2D eigenvalue weighted by Crippen LogP contribution is -2.08.